The van der Waals surface area contributed by atoms with Crippen LogP contribution in [0.5, 0.6) is 11.5 Å². The molecule has 0 unspecified atom stereocenters. The minimum Gasteiger partial charge on any atom is -0.494 e. The number of esters is 1. The Labute approximate surface area is 143 Å². The van der Waals surface area contributed by atoms with E-state index < -0.39 is 0 Å². The molecule has 5 nitrogen and oxygen atoms in total. The van der Waals surface area contributed by atoms with Gasteiger partial charge in [-0.05, 0) is 55.5 Å². The molecule has 0 atom stereocenters. The van der Waals surface area contributed by atoms with Crippen LogP contribution in [0.1, 0.15) is 13.3 Å². The first kappa shape index (κ1) is 17.1. The number of nitrogens with zero attached hydrogens (tertiary/aromatic N) is 2. The van der Waals surface area contributed by atoms with Crippen molar-refractivity contribution in [3.63, 3.8) is 0 Å². The molecule has 0 heterocycles. The van der Waals surface area contributed by atoms with Gasteiger partial charge < -0.3 is 9.47 Å². The Morgan fingerprint density at radius 2 is 1.48 bits per heavy atom. The second kappa shape index (κ2) is 9.05. The molecular formula is C17H17BrN2O3. The van der Waals surface area contributed by atoms with Gasteiger partial charge in [-0.1, -0.05) is 15.9 Å². The van der Waals surface area contributed by atoms with Crippen LogP contribution >= 0.6 is 15.9 Å². The highest BCUT2D eigenvalue weighted by molar-refractivity contribution is 9.09. The van der Waals surface area contributed by atoms with Gasteiger partial charge in [0.1, 0.15) is 11.5 Å². The van der Waals surface area contributed by atoms with Crippen LogP contribution in [0.4, 0.5) is 11.4 Å². The molecule has 120 valence electrons. The fourth-order valence-electron chi connectivity index (χ4n) is 1.73. The van der Waals surface area contributed by atoms with Crippen molar-refractivity contribution < 1.29 is 14.3 Å². The number of ether oxygens (including phenoxy) is 2. The van der Waals surface area contributed by atoms with Crippen molar-refractivity contribution in [2.45, 2.75) is 13.3 Å². The normalized spacial score (nSPS) is 10.7. The standard InChI is InChI=1S/C17H17BrN2O3/c1-2-22-15-7-3-13(4-8-15)19-20-14-5-9-16(10-6-14)23-17(21)11-12-18/h3-10H,2,11-12H2,1H3. The molecule has 0 fully saturated rings. The molecule has 0 aromatic heterocycles. The Hall–Kier alpha value is -2.21. The van der Waals surface area contributed by atoms with Crippen LogP contribution in [0.3, 0.4) is 0 Å². The second-order valence-corrected chi connectivity index (χ2v) is 5.33. The van der Waals surface area contributed by atoms with E-state index in [1.54, 1.807) is 24.3 Å². The van der Waals surface area contributed by atoms with Gasteiger partial charge in [-0.25, -0.2) is 0 Å². The Bertz CT molecular complexity index is 655. The minimum absolute atomic E-state index is 0.273. The molecule has 2 aromatic rings. The van der Waals surface area contributed by atoms with E-state index in [0.717, 1.165) is 11.4 Å². The third-order valence-electron chi connectivity index (χ3n) is 2.80. The van der Waals surface area contributed by atoms with Crippen LogP contribution < -0.4 is 9.47 Å². The first-order valence-corrected chi connectivity index (χ1v) is 8.34. The fourth-order valence-corrected chi connectivity index (χ4v) is 2.06. The van der Waals surface area contributed by atoms with E-state index in [1.165, 1.54) is 0 Å². The van der Waals surface area contributed by atoms with Gasteiger partial charge >= 0.3 is 5.97 Å². The van der Waals surface area contributed by atoms with Crippen LogP contribution in [-0.4, -0.2) is 17.9 Å². The summed E-state index contributed by atoms with van der Waals surface area (Å²) in [4.78, 5) is 11.4. The lowest BCUT2D eigenvalue weighted by Crippen LogP contribution is -2.07. The molecule has 0 saturated carbocycles. The van der Waals surface area contributed by atoms with Crippen molar-refractivity contribution in [1.82, 2.24) is 0 Å². The smallest absolute Gasteiger partial charge is 0.312 e. The predicted octanol–water partition coefficient (Wildman–Crippen LogP) is 5.19. The summed E-state index contributed by atoms with van der Waals surface area (Å²) < 4.78 is 10.5. The lowest BCUT2D eigenvalue weighted by Gasteiger charge is -2.03. The van der Waals surface area contributed by atoms with Gasteiger partial charge in [0.2, 0.25) is 0 Å². The highest BCUT2D eigenvalue weighted by Crippen LogP contribution is 2.23. The van der Waals surface area contributed by atoms with Gasteiger partial charge in [0.25, 0.3) is 0 Å². The number of hydrogen-bond donors (Lipinski definition) is 0. The molecule has 0 aliphatic carbocycles. The van der Waals surface area contributed by atoms with Gasteiger partial charge in [0, 0.05) is 5.33 Å². The van der Waals surface area contributed by atoms with E-state index in [1.807, 2.05) is 31.2 Å². The molecule has 0 N–H and O–H groups in total. The number of azo groups is 1. The van der Waals surface area contributed by atoms with Crippen molar-refractivity contribution in [1.29, 1.82) is 0 Å². The van der Waals surface area contributed by atoms with Crippen LogP contribution in [0.25, 0.3) is 0 Å². The molecule has 6 heteroatoms. The summed E-state index contributed by atoms with van der Waals surface area (Å²) >= 11 is 3.19. The van der Waals surface area contributed by atoms with Crippen molar-refractivity contribution in [3.8, 4) is 11.5 Å². The van der Waals surface area contributed by atoms with E-state index in [9.17, 15) is 4.79 Å². The molecule has 0 radical (unpaired) electrons. The summed E-state index contributed by atoms with van der Waals surface area (Å²) in [6, 6.07) is 14.3. The average molecular weight is 377 g/mol. The zero-order valence-corrected chi connectivity index (χ0v) is 14.3. The zero-order valence-electron chi connectivity index (χ0n) is 12.7. The molecule has 23 heavy (non-hydrogen) atoms. The fraction of sp³-hybridized carbons (Fsp3) is 0.235. The van der Waals surface area contributed by atoms with E-state index in [0.29, 0.717) is 29.8 Å². The predicted molar refractivity (Wildman–Crippen MR) is 92.3 cm³/mol. The number of carbonyl (C=O) groups excluding carboxylic acids is 1. The van der Waals surface area contributed by atoms with Gasteiger partial charge in [-0.15, -0.1) is 0 Å². The van der Waals surface area contributed by atoms with Crippen molar-refractivity contribution in [2.24, 2.45) is 10.2 Å². The van der Waals surface area contributed by atoms with Gasteiger partial charge in [0.05, 0.1) is 24.4 Å². The second-order valence-electron chi connectivity index (χ2n) is 4.53. The van der Waals surface area contributed by atoms with E-state index in [-0.39, 0.29) is 5.97 Å². The molecule has 2 rings (SSSR count). The van der Waals surface area contributed by atoms with Gasteiger partial charge in [0.15, 0.2) is 0 Å². The largest absolute Gasteiger partial charge is 0.494 e. The van der Waals surface area contributed by atoms with Crippen molar-refractivity contribution in [3.05, 3.63) is 48.5 Å². The first-order valence-electron chi connectivity index (χ1n) is 7.22. The third-order valence-corrected chi connectivity index (χ3v) is 3.19. The van der Waals surface area contributed by atoms with E-state index >= 15 is 0 Å². The topological polar surface area (TPSA) is 60.3 Å². The lowest BCUT2D eigenvalue weighted by molar-refractivity contribution is -0.133. The van der Waals surface area contributed by atoms with Crippen molar-refractivity contribution >= 4 is 33.3 Å². The number of hydrogen-bond acceptors (Lipinski definition) is 5. The van der Waals surface area contributed by atoms with Crippen LogP contribution in [0, 0.1) is 0 Å². The SMILES string of the molecule is CCOc1ccc(N=Nc2ccc(OC(=O)CCBr)cc2)cc1. The number of halogens is 1. The summed E-state index contributed by atoms with van der Waals surface area (Å²) in [5.74, 6) is 1.03. The molecule has 2 aromatic carbocycles. The maximum absolute atomic E-state index is 11.4. The van der Waals surface area contributed by atoms with Gasteiger partial charge in [-0.2, -0.15) is 10.2 Å². The summed E-state index contributed by atoms with van der Waals surface area (Å²) in [6.07, 6.45) is 0.333. The summed E-state index contributed by atoms with van der Waals surface area (Å²) in [5, 5.41) is 8.88. The Morgan fingerprint density at radius 1 is 0.957 bits per heavy atom. The maximum Gasteiger partial charge on any atom is 0.312 e. The molecule has 0 aliphatic heterocycles. The molecule has 0 saturated heterocycles. The molecular weight excluding hydrogens is 360 g/mol. The highest BCUT2D eigenvalue weighted by Gasteiger charge is 2.03. The van der Waals surface area contributed by atoms with E-state index in [2.05, 4.69) is 26.2 Å². The average Bonchev–Trinajstić information content (AvgIpc) is 2.56. The minimum atomic E-state index is -0.273. The zero-order chi connectivity index (χ0) is 16.5. The van der Waals surface area contributed by atoms with Crippen LogP contribution in [-0.2, 0) is 4.79 Å². The summed E-state index contributed by atoms with van der Waals surface area (Å²) in [5.41, 5.74) is 1.42. The molecule has 0 bridgehead atoms. The van der Waals surface area contributed by atoms with Gasteiger partial charge in [-0.3, -0.25) is 4.79 Å². The van der Waals surface area contributed by atoms with Crippen molar-refractivity contribution in [2.75, 3.05) is 11.9 Å². The van der Waals surface area contributed by atoms with Crippen LogP contribution in [0.15, 0.2) is 58.8 Å². The quantitative estimate of drug-likeness (QED) is 0.289. The third kappa shape index (κ3) is 5.83. The van der Waals surface area contributed by atoms with E-state index in [4.69, 9.17) is 9.47 Å². The molecule has 0 aliphatic rings. The highest BCUT2D eigenvalue weighted by atomic mass is 79.9. The summed E-state index contributed by atoms with van der Waals surface area (Å²) in [7, 11) is 0. The molecule has 0 spiro atoms. The number of alkyl halides is 1. The lowest BCUT2D eigenvalue weighted by atomic mass is 10.3. The van der Waals surface area contributed by atoms with Crippen LogP contribution in [0.2, 0.25) is 0 Å². The maximum atomic E-state index is 11.4. The number of carbonyl (C=O) groups is 1. The number of benzene rings is 2. The Kier molecular flexibility index (Phi) is 6.75. The molecule has 0 amide bonds. The number of rotatable bonds is 7. The monoisotopic (exact) mass is 376 g/mol. The first-order chi connectivity index (χ1) is 11.2. The summed E-state index contributed by atoms with van der Waals surface area (Å²) in [6.45, 7) is 2.57. The Morgan fingerprint density at radius 3 is 1.96 bits per heavy atom. The Balaban J connectivity index is 1.95.